The minimum absolute atomic E-state index is 0.246. The van der Waals surface area contributed by atoms with Gasteiger partial charge >= 0.3 is 5.76 Å². The zero-order valence-electron chi connectivity index (χ0n) is 11.3. The van der Waals surface area contributed by atoms with Gasteiger partial charge in [0.1, 0.15) is 5.82 Å². The Labute approximate surface area is 119 Å². The Morgan fingerprint density at radius 3 is 2.48 bits per heavy atom. The van der Waals surface area contributed by atoms with Crippen molar-refractivity contribution in [3.63, 3.8) is 0 Å². The Balaban J connectivity index is 2.07. The molecule has 4 nitrogen and oxygen atoms in total. The molecule has 0 aliphatic rings. The number of carbonyl (C=O) groups excluding carboxylic acids is 1. The van der Waals surface area contributed by atoms with Crippen LogP contribution in [0.15, 0.2) is 51.7 Å². The summed E-state index contributed by atoms with van der Waals surface area (Å²) in [5, 5.41) is 0. The fourth-order valence-corrected chi connectivity index (χ4v) is 2.27. The summed E-state index contributed by atoms with van der Waals surface area (Å²) in [6, 6.07) is 10.2. The third kappa shape index (κ3) is 2.27. The quantitative estimate of drug-likeness (QED) is 0.695. The molecule has 0 radical (unpaired) electrons. The standard InChI is InChI=1S/C16H12FNO3/c1-2-18-13-8-5-11(9-14(13)21-16(18)20)15(19)10-3-6-12(17)7-4-10/h3-9H,2H2,1H3. The molecular formula is C16H12FNO3. The molecule has 0 amide bonds. The predicted molar refractivity (Wildman–Crippen MR) is 76.0 cm³/mol. The van der Waals surface area contributed by atoms with E-state index in [1.54, 1.807) is 12.1 Å². The number of halogens is 1. The molecule has 0 N–H and O–H groups in total. The van der Waals surface area contributed by atoms with Crippen LogP contribution in [0, 0.1) is 5.82 Å². The molecule has 2 aromatic carbocycles. The summed E-state index contributed by atoms with van der Waals surface area (Å²) in [6.45, 7) is 2.34. The molecular weight excluding hydrogens is 273 g/mol. The molecule has 0 saturated heterocycles. The number of carbonyl (C=O) groups is 1. The summed E-state index contributed by atoms with van der Waals surface area (Å²) in [5.41, 5.74) is 1.80. The number of aromatic nitrogens is 1. The molecule has 0 saturated carbocycles. The van der Waals surface area contributed by atoms with Crippen LogP contribution in [0.4, 0.5) is 4.39 Å². The van der Waals surface area contributed by atoms with E-state index in [1.165, 1.54) is 34.9 Å². The van der Waals surface area contributed by atoms with Crippen molar-refractivity contribution in [1.82, 2.24) is 4.57 Å². The largest absolute Gasteiger partial charge is 0.419 e. The van der Waals surface area contributed by atoms with Crippen molar-refractivity contribution in [2.24, 2.45) is 0 Å². The zero-order chi connectivity index (χ0) is 15.0. The Morgan fingerprint density at radius 1 is 1.14 bits per heavy atom. The van der Waals surface area contributed by atoms with Crippen molar-refractivity contribution < 1.29 is 13.6 Å². The SMILES string of the molecule is CCn1c(=O)oc2cc(C(=O)c3ccc(F)cc3)ccc21. The van der Waals surface area contributed by atoms with Crippen molar-refractivity contribution in [3.05, 3.63) is 70.0 Å². The molecule has 21 heavy (non-hydrogen) atoms. The Morgan fingerprint density at radius 2 is 1.81 bits per heavy atom. The predicted octanol–water partition coefficient (Wildman–Crippen LogP) is 2.98. The van der Waals surface area contributed by atoms with Gasteiger partial charge in [0.25, 0.3) is 0 Å². The van der Waals surface area contributed by atoms with Crippen LogP contribution in [0.1, 0.15) is 22.8 Å². The number of nitrogens with zero attached hydrogens (tertiary/aromatic N) is 1. The Kier molecular flexibility index (Phi) is 3.17. The first kappa shape index (κ1) is 13.3. The average Bonchev–Trinajstić information content (AvgIpc) is 2.81. The lowest BCUT2D eigenvalue weighted by Gasteiger charge is -2.02. The molecule has 0 atom stereocenters. The van der Waals surface area contributed by atoms with E-state index < -0.39 is 11.6 Å². The highest BCUT2D eigenvalue weighted by molar-refractivity contribution is 6.10. The molecule has 1 heterocycles. The van der Waals surface area contributed by atoms with Gasteiger partial charge in [0.15, 0.2) is 11.4 Å². The maximum atomic E-state index is 12.9. The highest BCUT2D eigenvalue weighted by Gasteiger charge is 2.13. The average molecular weight is 285 g/mol. The van der Waals surface area contributed by atoms with Gasteiger partial charge < -0.3 is 4.42 Å². The van der Waals surface area contributed by atoms with Gasteiger partial charge in [-0.1, -0.05) is 0 Å². The fourth-order valence-electron chi connectivity index (χ4n) is 2.27. The van der Waals surface area contributed by atoms with Crippen molar-refractivity contribution in [2.45, 2.75) is 13.5 Å². The molecule has 5 heteroatoms. The summed E-state index contributed by atoms with van der Waals surface area (Å²) < 4.78 is 19.5. The van der Waals surface area contributed by atoms with Gasteiger partial charge in [0, 0.05) is 17.7 Å². The van der Waals surface area contributed by atoms with Gasteiger partial charge in [0.2, 0.25) is 0 Å². The van der Waals surface area contributed by atoms with E-state index >= 15 is 0 Å². The first-order valence-corrected chi connectivity index (χ1v) is 6.54. The van der Waals surface area contributed by atoms with Crippen molar-refractivity contribution in [2.75, 3.05) is 0 Å². The minimum Gasteiger partial charge on any atom is -0.408 e. The van der Waals surface area contributed by atoms with E-state index in [0.29, 0.717) is 28.8 Å². The fraction of sp³-hybridized carbons (Fsp3) is 0.125. The normalized spacial score (nSPS) is 11.0. The second-order valence-corrected chi connectivity index (χ2v) is 4.63. The molecule has 3 aromatic rings. The molecule has 0 fully saturated rings. The number of fused-ring (bicyclic) bond motifs is 1. The molecule has 0 bridgehead atoms. The second-order valence-electron chi connectivity index (χ2n) is 4.63. The van der Waals surface area contributed by atoms with Gasteiger partial charge in [-0.25, -0.2) is 9.18 Å². The highest BCUT2D eigenvalue weighted by atomic mass is 19.1. The molecule has 1 aromatic heterocycles. The van der Waals surface area contributed by atoms with Gasteiger partial charge in [-0.2, -0.15) is 0 Å². The van der Waals surface area contributed by atoms with E-state index in [0.717, 1.165) is 0 Å². The summed E-state index contributed by atoms with van der Waals surface area (Å²) >= 11 is 0. The molecule has 0 aliphatic heterocycles. The molecule has 0 aliphatic carbocycles. The maximum absolute atomic E-state index is 12.9. The highest BCUT2D eigenvalue weighted by Crippen LogP contribution is 2.18. The second kappa shape index (κ2) is 5.01. The number of hydrogen-bond donors (Lipinski definition) is 0. The first-order valence-electron chi connectivity index (χ1n) is 6.54. The number of hydrogen-bond acceptors (Lipinski definition) is 3. The summed E-state index contributed by atoms with van der Waals surface area (Å²) in [7, 11) is 0. The van der Waals surface area contributed by atoms with Crippen LogP contribution in [-0.4, -0.2) is 10.4 Å². The molecule has 106 valence electrons. The number of benzene rings is 2. The van der Waals surface area contributed by atoms with E-state index in [9.17, 15) is 14.0 Å². The van der Waals surface area contributed by atoms with Crippen LogP contribution in [0.3, 0.4) is 0 Å². The Hall–Kier alpha value is -2.69. The number of oxazole rings is 1. The lowest BCUT2D eigenvalue weighted by atomic mass is 10.0. The zero-order valence-corrected chi connectivity index (χ0v) is 11.3. The summed E-state index contributed by atoms with van der Waals surface area (Å²) in [5.74, 6) is -1.09. The van der Waals surface area contributed by atoms with Crippen LogP contribution < -0.4 is 5.76 Å². The topological polar surface area (TPSA) is 52.2 Å². The van der Waals surface area contributed by atoms with Crippen LogP contribution in [-0.2, 0) is 6.54 Å². The van der Waals surface area contributed by atoms with E-state index in [1.807, 2.05) is 6.92 Å². The van der Waals surface area contributed by atoms with Gasteiger partial charge in [0.05, 0.1) is 5.52 Å². The van der Waals surface area contributed by atoms with Crippen molar-refractivity contribution in [1.29, 1.82) is 0 Å². The number of rotatable bonds is 3. The van der Waals surface area contributed by atoms with Crippen LogP contribution >= 0.6 is 0 Å². The van der Waals surface area contributed by atoms with Gasteiger partial charge in [-0.15, -0.1) is 0 Å². The van der Waals surface area contributed by atoms with E-state index in [-0.39, 0.29) is 5.78 Å². The molecule has 0 spiro atoms. The third-order valence-electron chi connectivity index (χ3n) is 3.35. The van der Waals surface area contributed by atoms with Gasteiger partial charge in [-0.3, -0.25) is 9.36 Å². The van der Waals surface area contributed by atoms with Gasteiger partial charge in [-0.05, 0) is 49.4 Å². The maximum Gasteiger partial charge on any atom is 0.419 e. The van der Waals surface area contributed by atoms with E-state index in [4.69, 9.17) is 4.42 Å². The number of ketones is 1. The first-order chi connectivity index (χ1) is 10.1. The smallest absolute Gasteiger partial charge is 0.408 e. The monoisotopic (exact) mass is 285 g/mol. The van der Waals surface area contributed by atoms with Crippen molar-refractivity contribution >= 4 is 16.9 Å². The minimum atomic E-state index is -0.445. The molecule has 0 unspecified atom stereocenters. The lowest BCUT2D eigenvalue weighted by molar-refractivity contribution is 0.103. The third-order valence-corrected chi connectivity index (χ3v) is 3.35. The summed E-state index contributed by atoms with van der Waals surface area (Å²) in [4.78, 5) is 23.9. The molecule has 3 rings (SSSR count). The van der Waals surface area contributed by atoms with Crippen LogP contribution in [0.25, 0.3) is 11.1 Å². The number of aryl methyl sites for hydroxylation is 1. The van der Waals surface area contributed by atoms with E-state index in [2.05, 4.69) is 0 Å². The summed E-state index contributed by atoms with van der Waals surface area (Å²) in [6.07, 6.45) is 0. The lowest BCUT2D eigenvalue weighted by Crippen LogP contribution is -2.11. The van der Waals surface area contributed by atoms with Crippen LogP contribution in [0.5, 0.6) is 0 Å². The Bertz CT molecular complexity index is 875. The van der Waals surface area contributed by atoms with Crippen LogP contribution in [0.2, 0.25) is 0 Å². The van der Waals surface area contributed by atoms with Crippen molar-refractivity contribution in [3.8, 4) is 0 Å².